The molecule has 0 unspecified atom stereocenters. The number of carbonyl (C=O) groups is 2. The third kappa shape index (κ3) is 2.32. The number of hydrogen-bond acceptors (Lipinski definition) is 4. The fourth-order valence-corrected chi connectivity index (χ4v) is 2.88. The summed E-state index contributed by atoms with van der Waals surface area (Å²) in [6, 6.07) is 8.69. The van der Waals surface area contributed by atoms with Crippen molar-refractivity contribution in [1.29, 1.82) is 0 Å². The first-order valence-electron chi connectivity index (χ1n) is 7.22. The van der Waals surface area contributed by atoms with Crippen molar-refractivity contribution < 1.29 is 19.4 Å². The summed E-state index contributed by atoms with van der Waals surface area (Å²) in [5, 5.41) is 10.2. The normalized spacial score (nSPS) is 12.0. The highest BCUT2D eigenvalue weighted by Gasteiger charge is 2.27. The molecule has 0 aromatic heterocycles. The lowest BCUT2D eigenvalue weighted by Gasteiger charge is -2.20. The average Bonchev–Trinajstić information content (AvgIpc) is 2.50. The van der Waals surface area contributed by atoms with Crippen molar-refractivity contribution in [2.75, 3.05) is 7.11 Å². The van der Waals surface area contributed by atoms with Crippen molar-refractivity contribution in [1.82, 2.24) is 0 Å². The molecule has 116 valence electrons. The van der Waals surface area contributed by atoms with E-state index in [9.17, 15) is 14.7 Å². The minimum absolute atomic E-state index is 0.133. The second kappa shape index (κ2) is 5.39. The van der Waals surface area contributed by atoms with E-state index in [-0.39, 0.29) is 17.1 Å². The summed E-state index contributed by atoms with van der Waals surface area (Å²) in [7, 11) is 1.31. The lowest BCUT2D eigenvalue weighted by molar-refractivity contribution is -0.133. The van der Waals surface area contributed by atoms with Gasteiger partial charge in [-0.1, -0.05) is 18.2 Å². The Kier molecular flexibility index (Phi) is 3.52. The van der Waals surface area contributed by atoms with Crippen molar-refractivity contribution in [3.63, 3.8) is 0 Å². The number of esters is 1. The minimum Gasteiger partial charge on any atom is -0.507 e. The zero-order chi connectivity index (χ0) is 16.7. The SMILES string of the molecule is COC(=O)C1=Cc2cc(C(=O)c3c(C)cccc3C)c(O)cc21. The third-order valence-electron chi connectivity index (χ3n) is 4.12. The van der Waals surface area contributed by atoms with Gasteiger partial charge in [-0.05, 0) is 54.3 Å². The summed E-state index contributed by atoms with van der Waals surface area (Å²) in [6.45, 7) is 3.74. The summed E-state index contributed by atoms with van der Waals surface area (Å²) in [6.07, 6.45) is 1.65. The molecule has 0 radical (unpaired) electrons. The lowest BCUT2D eigenvalue weighted by Crippen LogP contribution is -2.13. The fourth-order valence-electron chi connectivity index (χ4n) is 2.88. The van der Waals surface area contributed by atoms with E-state index in [1.165, 1.54) is 13.2 Å². The van der Waals surface area contributed by atoms with Crippen LogP contribution in [0.2, 0.25) is 0 Å². The molecule has 23 heavy (non-hydrogen) atoms. The first kappa shape index (κ1) is 15.0. The van der Waals surface area contributed by atoms with Gasteiger partial charge in [0, 0.05) is 5.56 Å². The summed E-state index contributed by atoms with van der Waals surface area (Å²) < 4.78 is 4.67. The van der Waals surface area contributed by atoms with Gasteiger partial charge in [0.15, 0.2) is 5.78 Å². The smallest absolute Gasteiger partial charge is 0.338 e. The molecule has 0 bridgehead atoms. The lowest BCUT2D eigenvalue weighted by atomic mass is 9.84. The van der Waals surface area contributed by atoms with E-state index in [1.54, 1.807) is 12.1 Å². The van der Waals surface area contributed by atoms with Crippen molar-refractivity contribution in [3.8, 4) is 5.75 Å². The van der Waals surface area contributed by atoms with Gasteiger partial charge >= 0.3 is 5.97 Å². The number of aromatic hydroxyl groups is 1. The van der Waals surface area contributed by atoms with Gasteiger partial charge in [-0.3, -0.25) is 4.79 Å². The van der Waals surface area contributed by atoms with Gasteiger partial charge in [0.2, 0.25) is 0 Å². The molecular formula is C19H16O4. The van der Waals surface area contributed by atoms with Crippen LogP contribution < -0.4 is 0 Å². The van der Waals surface area contributed by atoms with E-state index in [0.29, 0.717) is 16.7 Å². The first-order valence-corrected chi connectivity index (χ1v) is 7.22. The standard InChI is InChI=1S/C19H16O4/c1-10-5-4-6-11(2)17(10)18(21)15-8-12-7-14(19(22)23-3)13(12)9-16(15)20/h4-9,20H,1-3H3. The monoisotopic (exact) mass is 308 g/mol. The second-order valence-electron chi connectivity index (χ2n) is 5.60. The number of carbonyl (C=O) groups excluding carboxylic acids is 2. The van der Waals surface area contributed by atoms with Gasteiger partial charge in [0.1, 0.15) is 5.75 Å². The first-order chi connectivity index (χ1) is 10.9. The van der Waals surface area contributed by atoms with E-state index >= 15 is 0 Å². The van der Waals surface area contributed by atoms with Crippen LogP contribution in [0.15, 0.2) is 30.3 Å². The van der Waals surface area contributed by atoms with Gasteiger partial charge in [0.25, 0.3) is 0 Å². The topological polar surface area (TPSA) is 63.6 Å². The molecule has 0 aliphatic heterocycles. The molecule has 1 N–H and O–H groups in total. The maximum Gasteiger partial charge on any atom is 0.338 e. The molecule has 1 aliphatic carbocycles. The molecule has 4 heteroatoms. The average molecular weight is 308 g/mol. The zero-order valence-corrected chi connectivity index (χ0v) is 13.1. The molecule has 0 fully saturated rings. The van der Waals surface area contributed by atoms with Crippen LogP contribution >= 0.6 is 0 Å². The van der Waals surface area contributed by atoms with Gasteiger partial charge < -0.3 is 9.84 Å². The largest absolute Gasteiger partial charge is 0.507 e. The van der Waals surface area contributed by atoms with Crippen molar-refractivity contribution in [2.24, 2.45) is 0 Å². The second-order valence-corrected chi connectivity index (χ2v) is 5.60. The molecule has 0 saturated carbocycles. The van der Waals surface area contributed by atoms with Gasteiger partial charge in [-0.25, -0.2) is 4.79 Å². The van der Waals surface area contributed by atoms with Crippen LogP contribution in [0.3, 0.4) is 0 Å². The number of aryl methyl sites for hydroxylation is 2. The van der Waals surface area contributed by atoms with Crippen LogP contribution in [0.5, 0.6) is 5.75 Å². The number of hydrogen-bond donors (Lipinski definition) is 1. The van der Waals surface area contributed by atoms with Crippen molar-refractivity contribution >= 4 is 23.4 Å². The minimum atomic E-state index is -0.453. The number of ketones is 1. The molecule has 0 spiro atoms. The molecule has 2 aromatic carbocycles. The molecule has 4 nitrogen and oxygen atoms in total. The Morgan fingerprint density at radius 1 is 1.09 bits per heavy atom. The van der Waals surface area contributed by atoms with E-state index in [2.05, 4.69) is 4.74 Å². The Labute approximate surface area is 134 Å². The van der Waals surface area contributed by atoms with E-state index in [1.807, 2.05) is 32.0 Å². The predicted molar refractivity (Wildman–Crippen MR) is 87.3 cm³/mol. The number of methoxy groups -OCH3 is 1. The molecule has 3 rings (SSSR count). The number of fused-ring (bicyclic) bond motifs is 1. The Hall–Kier alpha value is -2.88. The molecule has 0 saturated heterocycles. The fraction of sp³-hybridized carbons (Fsp3) is 0.158. The quantitative estimate of drug-likeness (QED) is 0.698. The summed E-state index contributed by atoms with van der Waals surface area (Å²) in [5.41, 5.74) is 4.32. The number of phenols is 1. The predicted octanol–water partition coefficient (Wildman–Crippen LogP) is 3.27. The number of ether oxygens (including phenoxy) is 1. The number of benzene rings is 2. The van der Waals surface area contributed by atoms with Crippen LogP contribution in [0, 0.1) is 13.8 Å². The summed E-state index contributed by atoms with van der Waals surface area (Å²) >= 11 is 0. The Morgan fingerprint density at radius 3 is 2.35 bits per heavy atom. The van der Waals surface area contributed by atoms with E-state index in [0.717, 1.165) is 16.7 Å². The number of phenolic OH excluding ortho intramolecular Hbond substituents is 1. The summed E-state index contributed by atoms with van der Waals surface area (Å²) in [5.74, 6) is -0.808. The molecule has 0 heterocycles. The van der Waals surface area contributed by atoms with Crippen molar-refractivity contribution in [3.05, 3.63) is 63.7 Å². The third-order valence-corrected chi connectivity index (χ3v) is 4.12. The van der Waals surface area contributed by atoms with Crippen LogP contribution in [0.1, 0.15) is 38.2 Å². The number of rotatable bonds is 3. The van der Waals surface area contributed by atoms with Crippen molar-refractivity contribution in [2.45, 2.75) is 13.8 Å². The Bertz CT molecular complexity index is 855. The zero-order valence-electron chi connectivity index (χ0n) is 13.1. The van der Waals surface area contributed by atoms with E-state index in [4.69, 9.17) is 0 Å². The van der Waals surface area contributed by atoms with Crippen LogP contribution in [0.25, 0.3) is 11.6 Å². The molecule has 0 atom stereocenters. The molecule has 0 amide bonds. The Balaban J connectivity index is 2.04. The van der Waals surface area contributed by atoms with Gasteiger partial charge in [0.05, 0.1) is 18.2 Å². The summed E-state index contributed by atoms with van der Waals surface area (Å²) in [4.78, 5) is 24.4. The molecule has 1 aliphatic rings. The van der Waals surface area contributed by atoms with Gasteiger partial charge in [-0.15, -0.1) is 0 Å². The maximum atomic E-state index is 12.8. The van der Waals surface area contributed by atoms with Crippen LogP contribution in [-0.2, 0) is 9.53 Å². The Morgan fingerprint density at radius 2 is 1.74 bits per heavy atom. The maximum absolute atomic E-state index is 12.8. The van der Waals surface area contributed by atoms with Crippen LogP contribution in [-0.4, -0.2) is 24.0 Å². The van der Waals surface area contributed by atoms with Crippen LogP contribution in [0.4, 0.5) is 0 Å². The molecular weight excluding hydrogens is 292 g/mol. The highest BCUT2D eigenvalue weighted by atomic mass is 16.5. The van der Waals surface area contributed by atoms with E-state index < -0.39 is 5.97 Å². The van der Waals surface area contributed by atoms with Gasteiger partial charge in [-0.2, -0.15) is 0 Å². The molecule has 2 aromatic rings. The highest BCUT2D eigenvalue weighted by Crippen LogP contribution is 2.38. The highest BCUT2D eigenvalue weighted by molar-refractivity contribution is 6.28.